The Balaban J connectivity index is 1.05. The summed E-state index contributed by atoms with van der Waals surface area (Å²) in [5.74, 6) is -0.680. The van der Waals surface area contributed by atoms with E-state index in [0.717, 1.165) is 46.1 Å². The van der Waals surface area contributed by atoms with Crippen molar-refractivity contribution < 1.29 is 45.9 Å². The van der Waals surface area contributed by atoms with Gasteiger partial charge in [0.2, 0.25) is 0 Å². The van der Waals surface area contributed by atoms with Gasteiger partial charge in [0.1, 0.15) is 22.9 Å². The van der Waals surface area contributed by atoms with Crippen LogP contribution in [0.2, 0.25) is 0 Å². The van der Waals surface area contributed by atoms with E-state index < -0.39 is 53.9 Å². The molecule has 1 fully saturated rings. The monoisotopic (exact) mass is 871 g/mol. The maximum Gasteiger partial charge on any atom is 0.341 e. The van der Waals surface area contributed by atoms with Crippen LogP contribution >= 0.6 is 0 Å². The Morgan fingerprint density at radius 1 is 0.787 bits per heavy atom. The van der Waals surface area contributed by atoms with Crippen molar-refractivity contribution in [2.45, 2.75) is 37.1 Å². The molecule has 5 aromatic carbocycles. The first kappa shape index (κ1) is 44.1. The van der Waals surface area contributed by atoms with Gasteiger partial charge < -0.3 is 24.8 Å². The lowest BCUT2D eigenvalue weighted by Crippen LogP contribution is -2.46. The number of aryl methyl sites for hydroxylation is 3. The number of hydrogen-bond acceptors (Lipinski definition) is 13. The number of benzene rings is 5. The van der Waals surface area contributed by atoms with Crippen molar-refractivity contribution in [1.29, 1.82) is 0 Å². The van der Waals surface area contributed by atoms with Gasteiger partial charge in [-0.25, -0.2) is 26.4 Å². The van der Waals surface area contributed by atoms with Crippen LogP contribution in [0.15, 0.2) is 113 Å². The molecular formula is C43H45N5O11S2. The van der Waals surface area contributed by atoms with Crippen molar-refractivity contribution in [2.75, 3.05) is 55.3 Å². The number of carbonyl (C=O) groups excluding carboxylic acids is 1. The largest absolute Gasteiger partial charge is 0.482 e. The van der Waals surface area contributed by atoms with Crippen molar-refractivity contribution in [3.63, 3.8) is 0 Å². The summed E-state index contributed by atoms with van der Waals surface area (Å²) >= 11 is 0. The molecule has 0 aromatic heterocycles. The van der Waals surface area contributed by atoms with Gasteiger partial charge >= 0.3 is 5.97 Å². The van der Waals surface area contributed by atoms with E-state index in [2.05, 4.69) is 15.1 Å². The zero-order chi connectivity index (χ0) is 43.9. The molecule has 18 heteroatoms. The van der Waals surface area contributed by atoms with Gasteiger partial charge in [-0.2, -0.15) is 0 Å². The van der Waals surface area contributed by atoms with Crippen LogP contribution in [-0.2, 0) is 31.2 Å². The zero-order valence-corrected chi connectivity index (χ0v) is 35.3. The van der Waals surface area contributed by atoms with Gasteiger partial charge in [0.25, 0.3) is 21.6 Å². The molecule has 1 aliphatic rings. The van der Waals surface area contributed by atoms with E-state index in [0.29, 0.717) is 50.0 Å². The number of piperazine rings is 1. The first-order valence-corrected chi connectivity index (χ1v) is 22.3. The number of anilines is 2. The highest BCUT2D eigenvalue weighted by molar-refractivity contribution is 7.91. The first-order valence-electron chi connectivity index (χ1n) is 19.2. The average molecular weight is 872 g/mol. The van der Waals surface area contributed by atoms with Crippen LogP contribution in [0.5, 0.6) is 17.2 Å². The normalized spacial score (nSPS) is 13.3. The Kier molecular flexibility index (Phi) is 13.6. The molecule has 61 heavy (non-hydrogen) atoms. The van der Waals surface area contributed by atoms with E-state index in [1.807, 2.05) is 49.8 Å². The van der Waals surface area contributed by atoms with Crippen molar-refractivity contribution in [3.8, 4) is 17.2 Å². The molecule has 6 rings (SSSR count). The van der Waals surface area contributed by atoms with Crippen molar-refractivity contribution in [2.24, 2.45) is 0 Å². The lowest BCUT2D eigenvalue weighted by atomic mass is 10.1. The minimum atomic E-state index is -4.55. The Bertz CT molecular complexity index is 2650. The van der Waals surface area contributed by atoms with Crippen LogP contribution in [0.1, 0.15) is 32.6 Å². The standard InChI is InChI=1S/C43H45N5O11S2/c1-29-4-13-37(14-5-29)60(54,55)23-18-44-39-16-15-38(26-40(39)48(52)53)61(56,57)45-43(51)32-7-9-34(10-8-32)47-21-19-46(20-22-47)27-33-25-36(12-17-41(33)58-28-42(49)50)59-35-11-6-30(2)31(3)24-35/h4-17,24-26,44H,18-23,27-28H2,1-3H3,(H,45,51)(H,49,50). The van der Waals surface area contributed by atoms with Gasteiger partial charge in [-0.3, -0.25) is 19.8 Å². The quantitative estimate of drug-likeness (QED) is 0.0711. The molecule has 0 aliphatic carbocycles. The molecular weight excluding hydrogens is 827 g/mol. The Morgan fingerprint density at radius 2 is 1.44 bits per heavy atom. The number of amides is 1. The third-order valence-corrected chi connectivity index (χ3v) is 13.2. The van der Waals surface area contributed by atoms with E-state index in [1.165, 1.54) is 24.3 Å². The molecule has 1 saturated heterocycles. The number of carboxylic acids is 1. The van der Waals surface area contributed by atoms with Gasteiger partial charge in [0.15, 0.2) is 16.4 Å². The van der Waals surface area contributed by atoms with E-state index >= 15 is 0 Å². The maximum absolute atomic E-state index is 13.2. The number of carbonyl (C=O) groups is 2. The molecule has 3 N–H and O–H groups in total. The van der Waals surface area contributed by atoms with Crippen LogP contribution < -0.4 is 24.4 Å². The molecule has 0 atom stereocenters. The maximum atomic E-state index is 13.2. The lowest BCUT2D eigenvalue weighted by molar-refractivity contribution is -0.384. The summed E-state index contributed by atoms with van der Waals surface area (Å²) < 4.78 is 65.5. The van der Waals surface area contributed by atoms with Crippen molar-refractivity contribution >= 4 is 48.8 Å². The van der Waals surface area contributed by atoms with Gasteiger partial charge in [-0.1, -0.05) is 23.8 Å². The van der Waals surface area contributed by atoms with Crippen molar-refractivity contribution in [1.82, 2.24) is 9.62 Å². The molecule has 1 aliphatic heterocycles. The van der Waals surface area contributed by atoms with E-state index in [-0.39, 0.29) is 28.4 Å². The average Bonchev–Trinajstić information content (AvgIpc) is 3.22. The number of sulfonamides is 1. The van der Waals surface area contributed by atoms with Crippen LogP contribution in [-0.4, -0.2) is 88.7 Å². The second-order valence-corrected chi connectivity index (χ2v) is 18.3. The number of nitrogens with one attached hydrogen (secondary N) is 2. The number of carboxylic acid groups (broad SMARTS) is 1. The number of nitro groups is 1. The van der Waals surface area contributed by atoms with Gasteiger partial charge in [-0.05, 0) is 111 Å². The van der Waals surface area contributed by atoms with Gasteiger partial charge in [-0.15, -0.1) is 0 Å². The Hall–Kier alpha value is -6.50. The van der Waals surface area contributed by atoms with Crippen LogP contribution in [0.3, 0.4) is 0 Å². The highest BCUT2D eigenvalue weighted by atomic mass is 32.2. The van der Waals surface area contributed by atoms with E-state index in [1.54, 1.807) is 36.4 Å². The molecule has 1 amide bonds. The summed E-state index contributed by atoms with van der Waals surface area (Å²) in [5, 5.41) is 23.8. The summed E-state index contributed by atoms with van der Waals surface area (Å²) in [7, 11) is -8.24. The molecule has 0 radical (unpaired) electrons. The molecule has 0 spiro atoms. The highest BCUT2D eigenvalue weighted by Crippen LogP contribution is 2.31. The first-order chi connectivity index (χ1) is 29.0. The molecule has 1 heterocycles. The summed E-state index contributed by atoms with van der Waals surface area (Å²) in [6.45, 7) is 8.19. The fourth-order valence-corrected chi connectivity index (χ4v) is 8.72. The smallest absolute Gasteiger partial charge is 0.341 e. The molecule has 320 valence electrons. The summed E-state index contributed by atoms with van der Waals surface area (Å²) in [6.07, 6.45) is 0. The fourth-order valence-electron chi connectivity index (χ4n) is 6.57. The SMILES string of the molecule is Cc1ccc(S(=O)(=O)CCNc2ccc(S(=O)(=O)NC(=O)c3ccc(N4CCN(Cc5cc(Oc6ccc(C)c(C)c6)ccc5OCC(=O)O)CC4)cc3)cc2[N+](=O)[O-])cc1. The topological polar surface area (TPSA) is 215 Å². The molecule has 16 nitrogen and oxygen atoms in total. The second kappa shape index (κ2) is 18.8. The van der Waals surface area contributed by atoms with Crippen LogP contribution in [0.4, 0.5) is 17.1 Å². The Labute approximate surface area is 353 Å². The Morgan fingerprint density at radius 3 is 2.10 bits per heavy atom. The summed E-state index contributed by atoms with van der Waals surface area (Å²) in [6, 6.07) is 26.8. The third-order valence-electron chi connectivity index (χ3n) is 10.1. The molecule has 0 bridgehead atoms. The second-order valence-electron chi connectivity index (χ2n) is 14.5. The highest BCUT2D eigenvalue weighted by Gasteiger charge is 2.25. The lowest BCUT2D eigenvalue weighted by Gasteiger charge is -2.36. The number of sulfone groups is 1. The number of hydrogen-bond donors (Lipinski definition) is 3. The number of aliphatic carboxylic acids is 1. The molecule has 0 unspecified atom stereocenters. The van der Waals surface area contributed by atoms with E-state index in [9.17, 15) is 41.6 Å². The van der Waals surface area contributed by atoms with Crippen LogP contribution in [0, 0.1) is 30.9 Å². The van der Waals surface area contributed by atoms with Gasteiger partial charge in [0, 0.05) is 62.1 Å². The minimum Gasteiger partial charge on any atom is -0.482 e. The summed E-state index contributed by atoms with van der Waals surface area (Å²) in [4.78, 5) is 39.4. The van der Waals surface area contributed by atoms with Crippen LogP contribution in [0.25, 0.3) is 0 Å². The predicted molar refractivity (Wildman–Crippen MR) is 229 cm³/mol. The van der Waals surface area contributed by atoms with E-state index in [4.69, 9.17) is 9.47 Å². The predicted octanol–water partition coefficient (Wildman–Crippen LogP) is 6.10. The summed E-state index contributed by atoms with van der Waals surface area (Å²) in [5.41, 5.74) is 4.04. The number of nitrogens with zero attached hydrogens (tertiary/aromatic N) is 3. The number of rotatable bonds is 17. The number of ether oxygens (including phenoxy) is 2. The minimum absolute atomic E-state index is 0.0466. The zero-order valence-electron chi connectivity index (χ0n) is 33.7. The third kappa shape index (κ3) is 11.4. The molecule has 0 saturated carbocycles. The van der Waals surface area contributed by atoms with Crippen molar-refractivity contribution in [3.05, 3.63) is 141 Å². The fraction of sp³-hybridized carbons (Fsp3) is 0.256. The molecule has 5 aromatic rings. The van der Waals surface area contributed by atoms with Gasteiger partial charge in [0.05, 0.1) is 20.5 Å². The number of nitro benzene ring substituents is 1.